The lowest BCUT2D eigenvalue weighted by atomic mass is 9.68. The van der Waals surface area contributed by atoms with Crippen molar-refractivity contribution in [3.63, 3.8) is 0 Å². The molecule has 0 radical (unpaired) electrons. The van der Waals surface area contributed by atoms with Gasteiger partial charge in [-0.1, -0.05) is 52.7 Å². The van der Waals surface area contributed by atoms with Crippen molar-refractivity contribution in [3.05, 3.63) is 102 Å². The fourth-order valence-corrected chi connectivity index (χ4v) is 11.6. The van der Waals surface area contributed by atoms with Gasteiger partial charge in [0, 0.05) is 31.7 Å². The van der Waals surface area contributed by atoms with Gasteiger partial charge in [-0.05, 0) is 72.2 Å². The second kappa shape index (κ2) is 11.6. The number of benzene rings is 3. The minimum Gasteiger partial charge on any atom is -0.493 e. The van der Waals surface area contributed by atoms with Gasteiger partial charge in [0.15, 0.2) is 11.5 Å². The normalized spacial score (nSPS) is 27.2. The predicted octanol–water partition coefficient (Wildman–Crippen LogP) is 8.03. The van der Waals surface area contributed by atoms with E-state index in [-0.39, 0.29) is 46.1 Å². The number of nitrogens with one attached hydrogen (secondary N) is 1. The Morgan fingerprint density at radius 2 is 1.73 bits per heavy atom. The maximum atomic E-state index is 14.0. The molecule has 3 aromatic carbocycles. The minimum atomic E-state index is -4.62. The summed E-state index contributed by atoms with van der Waals surface area (Å²) in [6, 6.07) is 15.1. The molecule has 8 rings (SSSR count). The van der Waals surface area contributed by atoms with Gasteiger partial charge in [-0.3, -0.25) is 19.3 Å². The number of rotatable bonds is 6. The molecule has 0 unspecified atom stereocenters. The molecule has 4 aromatic rings. The van der Waals surface area contributed by atoms with Crippen LogP contribution in [0.5, 0.6) is 11.5 Å². The Morgan fingerprint density at radius 3 is 2.46 bits per heavy atom. The molecule has 3 heterocycles. The van der Waals surface area contributed by atoms with E-state index in [9.17, 15) is 27.6 Å². The van der Waals surface area contributed by atoms with Crippen LogP contribution in [0.3, 0.4) is 0 Å². The van der Waals surface area contributed by atoms with Gasteiger partial charge in [0.05, 0.1) is 35.2 Å². The van der Waals surface area contributed by atoms with Crippen LogP contribution in [0.15, 0.2) is 70.5 Å². The first kappa shape index (κ1) is 31.8. The van der Waals surface area contributed by atoms with Gasteiger partial charge >= 0.3 is 11.0 Å². The average Bonchev–Trinajstić information content (AvgIpc) is 3.79. The number of amides is 2. The molecule has 4 aliphatic rings. The number of fused-ring (bicyclic) bond motifs is 9. The fraction of sp³-hybridized carbons (Fsp3) is 0.324. The smallest absolute Gasteiger partial charge is 0.416 e. The Labute approximate surface area is 290 Å². The van der Waals surface area contributed by atoms with E-state index in [0.29, 0.717) is 28.0 Å². The number of ether oxygens (including phenoxy) is 2. The average molecular weight is 734 g/mol. The number of H-pyrrole nitrogens is 1. The lowest BCUT2D eigenvalue weighted by Gasteiger charge is -2.43. The largest absolute Gasteiger partial charge is 0.493 e. The Balaban J connectivity index is 1.14. The molecule has 1 aromatic heterocycles. The van der Waals surface area contributed by atoms with Crippen molar-refractivity contribution in [3.8, 4) is 11.5 Å². The van der Waals surface area contributed by atoms with Gasteiger partial charge in [0.25, 0.3) is 0 Å². The van der Waals surface area contributed by atoms with Gasteiger partial charge in [0.2, 0.25) is 11.8 Å². The topological polar surface area (TPSA) is 88.7 Å². The highest BCUT2D eigenvalue weighted by Crippen LogP contribution is 2.69. The summed E-state index contributed by atoms with van der Waals surface area (Å²) < 4.78 is 52.4. The standard InChI is InChI=1S/C34H25Cl2F3N2O5S2/c1-45-23-9-14(6-8-22(23)46-13-15-5-7-17(35)11-21(15)36)24-25-19-12-20(28(25)47-30-29(24)48-33(44)40-30)27-26(19)31(42)41(32(27)43)18-4-2-3-16(10-18)34(37,38)39/h2-11,19-20,24-28H,12-13H2,1H3,(H,40,44)/t19-,20-,24+,25+,26+,27+,28-/m1/s1. The maximum absolute atomic E-state index is 14.0. The van der Waals surface area contributed by atoms with E-state index >= 15 is 0 Å². The van der Waals surface area contributed by atoms with E-state index < -0.39 is 35.4 Å². The molecule has 14 heteroatoms. The SMILES string of the molecule is COc1cc([C@@H]2c3sc(=O)[nH]c3S[C@@H]3[C@@H]4C[C@@H]([C@@H]5C(=O)N(c6cccc(C(F)(F)F)c6)C(=O)[C@@H]45)[C@@H]23)ccc1OCc1ccc(Cl)cc1Cl. The van der Waals surface area contributed by atoms with Crippen molar-refractivity contribution in [2.45, 2.75) is 35.4 Å². The highest BCUT2D eigenvalue weighted by Gasteiger charge is 2.69. The molecular weight excluding hydrogens is 708 g/mol. The van der Waals surface area contributed by atoms with Crippen LogP contribution in [0, 0.1) is 29.6 Å². The van der Waals surface area contributed by atoms with Crippen LogP contribution >= 0.6 is 46.3 Å². The maximum Gasteiger partial charge on any atom is 0.416 e. The number of methoxy groups -OCH3 is 1. The van der Waals surface area contributed by atoms with Crippen LogP contribution < -0.4 is 19.2 Å². The van der Waals surface area contributed by atoms with Gasteiger partial charge in [-0.25, -0.2) is 0 Å². The van der Waals surface area contributed by atoms with Crippen LogP contribution in [0.4, 0.5) is 18.9 Å². The fourth-order valence-electron chi connectivity index (χ4n) is 8.26. The Bertz CT molecular complexity index is 2050. The Hall–Kier alpha value is -3.45. The summed E-state index contributed by atoms with van der Waals surface area (Å²) in [5.41, 5.74) is 0.624. The number of imide groups is 1. The molecule has 2 amide bonds. The monoisotopic (exact) mass is 732 g/mol. The number of carbonyl (C=O) groups excluding carboxylic acids is 2. The van der Waals surface area contributed by atoms with Crippen molar-refractivity contribution in [2.24, 2.45) is 29.6 Å². The Kier molecular flexibility index (Phi) is 7.66. The summed E-state index contributed by atoms with van der Waals surface area (Å²) in [5, 5.41) is 1.63. The first-order valence-corrected chi connectivity index (χ1v) is 17.6. The summed E-state index contributed by atoms with van der Waals surface area (Å²) >= 11 is 15.0. The summed E-state index contributed by atoms with van der Waals surface area (Å²) in [6.07, 6.45) is -3.98. The van der Waals surface area contributed by atoms with Crippen molar-refractivity contribution in [2.75, 3.05) is 12.0 Å². The quantitative estimate of drug-likeness (QED) is 0.202. The number of aromatic nitrogens is 1. The minimum absolute atomic E-state index is 0.0653. The molecule has 1 N–H and O–H groups in total. The number of carbonyl (C=O) groups is 2. The highest BCUT2D eigenvalue weighted by atomic mass is 35.5. The number of anilines is 1. The zero-order valence-corrected chi connectivity index (χ0v) is 28.1. The molecule has 2 aliphatic heterocycles. The molecule has 1 saturated heterocycles. The zero-order valence-electron chi connectivity index (χ0n) is 24.9. The summed E-state index contributed by atoms with van der Waals surface area (Å²) in [7, 11) is 1.54. The molecule has 7 nitrogen and oxygen atoms in total. The van der Waals surface area contributed by atoms with Crippen LogP contribution in [0.2, 0.25) is 10.0 Å². The second-order valence-corrected chi connectivity index (χ2v) is 15.5. The van der Waals surface area contributed by atoms with Crippen LogP contribution in [0.1, 0.15) is 33.9 Å². The van der Waals surface area contributed by atoms with Crippen LogP contribution in [-0.4, -0.2) is 29.2 Å². The van der Waals surface area contributed by atoms with Gasteiger partial charge in [-0.15, -0.1) is 11.8 Å². The number of halogens is 5. The number of hydrogen-bond donors (Lipinski definition) is 1. The highest BCUT2D eigenvalue weighted by molar-refractivity contribution is 8.00. The Morgan fingerprint density at radius 1 is 0.958 bits per heavy atom. The van der Waals surface area contributed by atoms with E-state index in [1.165, 1.54) is 31.0 Å². The first-order valence-electron chi connectivity index (χ1n) is 15.1. The van der Waals surface area contributed by atoms with Gasteiger partial charge in [-0.2, -0.15) is 13.2 Å². The van der Waals surface area contributed by atoms with E-state index in [4.69, 9.17) is 32.7 Å². The molecule has 248 valence electrons. The summed E-state index contributed by atoms with van der Waals surface area (Å²) in [6.45, 7) is 0.172. The summed E-state index contributed by atoms with van der Waals surface area (Å²) in [4.78, 5) is 45.1. The van der Waals surface area contributed by atoms with Crippen LogP contribution in [0.25, 0.3) is 0 Å². The molecule has 0 spiro atoms. The van der Waals surface area contributed by atoms with Crippen molar-refractivity contribution in [1.82, 2.24) is 4.98 Å². The zero-order chi connectivity index (χ0) is 33.6. The second-order valence-electron chi connectivity index (χ2n) is 12.5. The van der Waals surface area contributed by atoms with Crippen molar-refractivity contribution in [1.29, 1.82) is 0 Å². The third-order valence-electron chi connectivity index (χ3n) is 10.1. The van der Waals surface area contributed by atoms with E-state index in [0.717, 1.165) is 49.4 Å². The predicted molar refractivity (Wildman–Crippen MR) is 176 cm³/mol. The molecule has 3 fully saturated rings. The third kappa shape index (κ3) is 4.97. The molecule has 2 saturated carbocycles. The van der Waals surface area contributed by atoms with Gasteiger partial charge in [0.1, 0.15) is 6.61 Å². The lowest BCUT2D eigenvalue weighted by Crippen LogP contribution is -2.42. The van der Waals surface area contributed by atoms with Gasteiger partial charge < -0.3 is 14.5 Å². The van der Waals surface area contributed by atoms with Crippen molar-refractivity contribution >= 4 is 63.8 Å². The number of thioether (sulfide) groups is 1. The number of thiazole rings is 1. The van der Waals surface area contributed by atoms with E-state index in [1.807, 2.05) is 12.1 Å². The van der Waals surface area contributed by atoms with E-state index in [2.05, 4.69) is 4.98 Å². The number of alkyl halides is 3. The number of hydrogen-bond acceptors (Lipinski definition) is 7. The van der Waals surface area contributed by atoms with E-state index in [1.54, 1.807) is 24.3 Å². The lowest BCUT2D eigenvalue weighted by molar-refractivity contribution is -0.137. The molecule has 7 atom stereocenters. The molecule has 48 heavy (non-hydrogen) atoms. The number of nitrogens with zero attached hydrogens (tertiary/aromatic N) is 1. The molecule has 2 aliphatic carbocycles. The van der Waals surface area contributed by atoms with Crippen LogP contribution in [-0.2, 0) is 22.4 Å². The number of aromatic amines is 1. The third-order valence-corrected chi connectivity index (χ3v) is 13.3. The molecule has 2 bridgehead atoms. The summed E-state index contributed by atoms with van der Waals surface area (Å²) in [5.74, 6) is -2.05. The first-order chi connectivity index (χ1) is 22.9. The molecular formula is C34H25Cl2F3N2O5S2. The van der Waals surface area contributed by atoms with Crippen molar-refractivity contribution < 1.29 is 32.2 Å².